The molecule has 1 aromatic carbocycles. The third-order valence-corrected chi connectivity index (χ3v) is 4.42. The Bertz CT molecular complexity index is 556. The second-order valence-electron chi connectivity index (χ2n) is 6.11. The number of benzene rings is 1. The number of rotatable bonds is 5. The molecule has 1 aromatic rings. The topological polar surface area (TPSA) is 61.8 Å². The maximum atomic E-state index is 12.6. The Morgan fingerprint density at radius 1 is 1.46 bits per heavy atom. The number of aliphatic hydroxyl groups is 1. The van der Waals surface area contributed by atoms with Crippen molar-refractivity contribution < 1.29 is 23.4 Å². The highest BCUT2D eigenvalue weighted by atomic mass is 19.3. The summed E-state index contributed by atoms with van der Waals surface area (Å²) in [4.78, 5) is 14.0. The van der Waals surface area contributed by atoms with Crippen molar-refractivity contribution in [3.8, 4) is 5.75 Å². The number of β-amino-alcohol motifs (C(OH)–C–C–N with tert-alkyl or cyclic N) is 1. The number of hydrogen-bond acceptors (Lipinski definition) is 3. The largest absolute Gasteiger partial charge is 0.434 e. The number of piperidine rings is 1. The fraction of sp³-hybridized carbons (Fsp3) is 0.588. The van der Waals surface area contributed by atoms with Gasteiger partial charge in [0.15, 0.2) is 0 Å². The number of hydrogen-bond donors (Lipinski definition) is 2. The number of likely N-dealkylation sites (tertiary alicyclic amines) is 1. The Hall–Kier alpha value is -1.89. The standard InChI is InChI=1S/C17H24F2N2O3/c1-3-13(12-6-4-5-7-15(12)24-16(18)19)20-17(23)21-9-8-11(2)14(22)10-21/h4-7,11,13-14,16,22H,3,8-10H2,1-2H3,(H,20,23). The van der Waals surface area contributed by atoms with Crippen molar-refractivity contribution in [3.05, 3.63) is 29.8 Å². The van der Waals surface area contributed by atoms with Gasteiger partial charge in [-0.05, 0) is 24.8 Å². The summed E-state index contributed by atoms with van der Waals surface area (Å²) < 4.78 is 29.7. The number of ether oxygens (including phenoxy) is 1. The second-order valence-corrected chi connectivity index (χ2v) is 6.11. The molecule has 7 heteroatoms. The zero-order valence-corrected chi connectivity index (χ0v) is 13.9. The highest BCUT2D eigenvalue weighted by Gasteiger charge is 2.28. The van der Waals surface area contributed by atoms with Gasteiger partial charge in [-0.25, -0.2) is 4.79 Å². The number of halogens is 2. The lowest BCUT2D eigenvalue weighted by atomic mass is 9.96. The molecule has 0 aromatic heterocycles. The van der Waals surface area contributed by atoms with E-state index in [0.717, 1.165) is 6.42 Å². The Morgan fingerprint density at radius 3 is 2.79 bits per heavy atom. The van der Waals surface area contributed by atoms with Crippen LogP contribution in [0.15, 0.2) is 24.3 Å². The molecule has 2 N–H and O–H groups in total. The first kappa shape index (κ1) is 18.4. The number of alkyl halides is 2. The molecule has 134 valence electrons. The number of carbonyl (C=O) groups is 1. The number of carbonyl (C=O) groups excluding carboxylic acids is 1. The highest BCUT2D eigenvalue weighted by Crippen LogP contribution is 2.29. The fourth-order valence-electron chi connectivity index (χ4n) is 2.85. The Balaban J connectivity index is 2.08. The molecule has 1 aliphatic rings. The van der Waals surface area contributed by atoms with Crippen molar-refractivity contribution in [1.82, 2.24) is 10.2 Å². The molecular formula is C17H24F2N2O3. The Labute approximate surface area is 140 Å². The number of nitrogens with one attached hydrogen (secondary N) is 1. The summed E-state index contributed by atoms with van der Waals surface area (Å²) >= 11 is 0. The van der Waals surface area contributed by atoms with Crippen molar-refractivity contribution in [2.75, 3.05) is 13.1 Å². The monoisotopic (exact) mass is 342 g/mol. The normalized spacial score (nSPS) is 22.3. The summed E-state index contributed by atoms with van der Waals surface area (Å²) in [5.41, 5.74) is 0.513. The van der Waals surface area contributed by atoms with Crippen molar-refractivity contribution in [2.45, 2.75) is 45.4 Å². The van der Waals surface area contributed by atoms with Crippen LogP contribution in [0.5, 0.6) is 5.75 Å². The van der Waals surface area contributed by atoms with E-state index in [1.54, 1.807) is 23.1 Å². The molecule has 0 radical (unpaired) electrons. The van der Waals surface area contributed by atoms with Gasteiger partial charge in [-0.2, -0.15) is 8.78 Å². The molecule has 2 rings (SSSR count). The summed E-state index contributed by atoms with van der Waals surface area (Å²) in [6.45, 7) is 1.73. The summed E-state index contributed by atoms with van der Waals surface area (Å²) in [6, 6.07) is 5.71. The van der Waals surface area contributed by atoms with Crippen molar-refractivity contribution >= 4 is 6.03 Å². The number of aliphatic hydroxyl groups excluding tert-OH is 1. The number of para-hydroxylation sites is 1. The predicted molar refractivity (Wildman–Crippen MR) is 86.0 cm³/mol. The predicted octanol–water partition coefficient (Wildman–Crippen LogP) is 3.15. The molecule has 0 saturated carbocycles. The minimum atomic E-state index is -2.92. The zero-order valence-electron chi connectivity index (χ0n) is 13.9. The minimum Gasteiger partial charge on any atom is -0.434 e. The molecule has 0 spiro atoms. The van der Waals surface area contributed by atoms with Crippen molar-refractivity contribution in [3.63, 3.8) is 0 Å². The highest BCUT2D eigenvalue weighted by molar-refractivity contribution is 5.75. The molecule has 24 heavy (non-hydrogen) atoms. The van der Waals surface area contributed by atoms with Gasteiger partial charge < -0.3 is 20.1 Å². The van der Waals surface area contributed by atoms with Crippen molar-refractivity contribution in [2.24, 2.45) is 5.92 Å². The molecule has 1 aliphatic heterocycles. The molecule has 2 amide bonds. The van der Waals surface area contributed by atoms with Crippen LogP contribution in [-0.4, -0.2) is 41.8 Å². The maximum Gasteiger partial charge on any atom is 0.387 e. The van der Waals surface area contributed by atoms with Crippen molar-refractivity contribution in [1.29, 1.82) is 0 Å². The van der Waals surface area contributed by atoms with Gasteiger partial charge in [-0.3, -0.25) is 0 Å². The first-order chi connectivity index (χ1) is 11.4. The third kappa shape index (κ3) is 4.56. The van der Waals surface area contributed by atoms with Crippen LogP contribution in [0.4, 0.5) is 13.6 Å². The summed E-state index contributed by atoms with van der Waals surface area (Å²) in [5.74, 6) is 0.225. The Kier molecular flexibility index (Phi) is 6.36. The van der Waals surface area contributed by atoms with E-state index in [2.05, 4.69) is 10.1 Å². The summed E-state index contributed by atoms with van der Waals surface area (Å²) in [6.07, 6.45) is 0.720. The van der Waals surface area contributed by atoms with E-state index < -0.39 is 18.8 Å². The quantitative estimate of drug-likeness (QED) is 0.864. The summed E-state index contributed by atoms with van der Waals surface area (Å²) in [5, 5.41) is 12.8. The van der Waals surface area contributed by atoms with Crippen LogP contribution in [0.1, 0.15) is 38.3 Å². The van der Waals surface area contributed by atoms with Gasteiger partial charge in [-0.1, -0.05) is 32.0 Å². The van der Waals surface area contributed by atoms with Gasteiger partial charge in [0.2, 0.25) is 0 Å². The van der Waals surface area contributed by atoms with E-state index >= 15 is 0 Å². The average molecular weight is 342 g/mol. The second kappa shape index (κ2) is 8.28. The van der Waals surface area contributed by atoms with Gasteiger partial charge in [0.05, 0.1) is 12.1 Å². The smallest absolute Gasteiger partial charge is 0.387 e. The molecule has 5 nitrogen and oxygen atoms in total. The van der Waals surface area contributed by atoms with E-state index in [1.807, 2.05) is 13.8 Å². The zero-order chi connectivity index (χ0) is 17.7. The SMILES string of the molecule is CCC(NC(=O)N1CCC(C)C(O)C1)c1ccccc1OC(F)F. The van der Waals surface area contributed by atoms with E-state index in [4.69, 9.17) is 0 Å². The molecule has 1 heterocycles. The molecule has 1 fully saturated rings. The molecular weight excluding hydrogens is 318 g/mol. The fourth-order valence-corrected chi connectivity index (χ4v) is 2.85. The molecule has 1 saturated heterocycles. The molecule has 3 atom stereocenters. The number of nitrogens with zero attached hydrogens (tertiary/aromatic N) is 1. The molecule has 0 aliphatic carbocycles. The van der Waals surface area contributed by atoms with Crippen LogP contribution in [0.3, 0.4) is 0 Å². The van der Waals surface area contributed by atoms with E-state index in [9.17, 15) is 18.7 Å². The third-order valence-electron chi connectivity index (χ3n) is 4.42. The van der Waals surface area contributed by atoms with Crippen LogP contribution >= 0.6 is 0 Å². The Morgan fingerprint density at radius 2 is 2.17 bits per heavy atom. The van der Waals surface area contributed by atoms with Crippen LogP contribution in [0, 0.1) is 5.92 Å². The van der Waals surface area contributed by atoms with E-state index in [-0.39, 0.29) is 24.2 Å². The van der Waals surface area contributed by atoms with Gasteiger partial charge in [-0.15, -0.1) is 0 Å². The first-order valence-corrected chi connectivity index (χ1v) is 8.19. The van der Waals surface area contributed by atoms with Gasteiger partial charge >= 0.3 is 12.6 Å². The lowest BCUT2D eigenvalue weighted by molar-refractivity contribution is -0.0507. The van der Waals surface area contributed by atoms with Crippen LogP contribution < -0.4 is 10.1 Å². The van der Waals surface area contributed by atoms with Crippen LogP contribution in [0.25, 0.3) is 0 Å². The van der Waals surface area contributed by atoms with Gasteiger partial charge in [0.25, 0.3) is 0 Å². The van der Waals surface area contributed by atoms with E-state index in [0.29, 0.717) is 18.5 Å². The molecule has 3 unspecified atom stereocenters. The maximum absolute atomic E-state index is 12.6. The van der Waals surface area contributed by atoms with E-state index in [1.165, 1.54) is 6.07 Å². The average Bonchev–Trinajstić information content (AvgIpc) is 2.55. The van der Waals surface area contributed by atoms with Gasteiger partial charge in [0.1, 0.15) is 5.75 Å². The summed E-state index contributed by atoms with van der Waals surface area (Å²) in [7, 11) is 0. The molecule has 0 bridgehead atoms. The first-order valence-electron chi connectivity index (χ1n) is 8.19. The van der Waals surface area contributed by atoms with Gasteiger partial charge in [0, 0.05) is 18.7 Å². The lowest BCUT2D eigenvalue weighted by Gasteiger charge is -2.35. The number of urea groups is 1. The number of amides is 2. The van der Waals surface area contributed by atoms with Crippen LogP contribution in [0.2, 0.25) is 0 Å². The lowest BCUT2D eigenvalue weighted by Crippen LogP contribution is -2.50. The minimum absolute atomic E-state index is 0.0620. The van der Waals surface area contributed by atoms with Crippen LogP contribution in [-0.2, 0) is 0 Å².